The van der Waals surface area contributed by atoms with Gasteiger partial charge in [-0.05, 0) is 61.7 Å². The number of carbonyl (C=O) groups excluding carboxylic acids is 1. The first-order chi connectivity index (χ1) is 16.0. The van der Waals surface area contributed by atoms with Gasteiger partial charge in [-0.25, -0.2) is 0 Å². The molecule has 1 amide bonds. The fraction of sp³-hybridized carbons (Fsp3) is 0.250. The molecule has 1 fully saturated rings. The van der Waals surface area contributed by atoms with Gasteiger partial charge in [-0.2, -0.15) is 10.2 Å². The number of fused-ring (bicyclic) bond motifs is 1. The summed E-state index contributed by atoms with van der Waals surface area (Å²) < 4.78 is 12.7. The van der Waals surface area contributed by atoms with Crippen molar-refractivity contribution in [1.82, 2.24) is 14.7 Å². The maximum Gasteiger partial charge on any atom is 0.269 e. The Labute approximate surface area is 195 Å². The second kappa shape index (κ2) is 9.86. The van der Waals surface area contributed by atoms with Gasteiger partial charge in [-0.1, -0.05) is 17.7 Å². The number of aromatic nitrogens is 2. The molecule has 3 heterocycles. The number of benzene rings is 1. The topological polar surface area (TPSA) is 106 Å². The molecule has 0 bridgehead atoms. The average molecular weight is 465 g/mol. The zero-order chi connectivity index (χ0) is 23.4. The minimum absolute atomic E-state index is 0.0184. The second-order valence-corrected chi connectivity index (χ2v) is 8.00. The van der Waals surface area contributed by atoms with E-state index >= 15 is 0 Å². The number of carbonyl (C=O) groups is 1. The maximum absolute atomic E-state index is 13.2. The first-order valence-corrected chi connectivity index (χ1v) is 10.8. The summed E-state index contributed by atoms with van der Waals surface area (Å²) in [5.74, 6) is -0.202. The highest BCUT2D eigenvalue weighted by Crippen LogP contribution is 2.27. The molecule has 1 aliphatic rings. The van der Waals surface area contributed by atoms with Crippen LogP contribution in [0.2, 0.25) is 5.02 Å². The lowest BCUT2D eigenvalue weighted by Crippen LogP contribution is -2.32. The Morgan fingerprint density at radius 2 is 2.27 bits per heavy atom. The van der Waals surface area contributed by atoms with E-state index in [1.54, 1.807) is 42.6 Å². The number of pyridine rings is 1. The van der Waals surface area contributed by atoms with Crippen molar-refractivity contribution in [2.24, 2.45) is 0 Å². The maximum atomic E-state index is 13.2. The molecule has 0 aliphatic carbocycles. The van der Waals surface area contributed by atoms with Crippen LogP contribution in [0.1, 0.15) is 24.0 Å². The third-order valence-electron chi connectivity index (χ3n) is 5.25. The summed E-state index contributed by atoms with van der Waals surface area (Å²) in [5, 5.41) is 12.9. The van der Waals surface area contributed by atoms with Crippen LogP contribution in [0, 0.1) is 18.3 Å². The van der Waals surface area contributed by atoms with E-state index in [4.69, 9.17) is 21.1 Å². The largest absolute Gasteiger partial charge is 0.438 e. The van der Waals surface area contributed by atoms with E-state index in [1.807, 2.05) is 13.0 Å². The average Bonchev–Trinajstić information content (AvgIpc) is 3.34. The fourth-order valence-electron chi connectivity index (χ4n) is 3.48. The molecule has 1 atom stereocenters. The Kier molecular flexibility index (Phi) is 6.73. The Morgan fingerprint density at radius 1 is 1.42 bits per heavy atom. The second-order valence-electron chi connectivity index (χ2n) is 7.59. The fourth-order valence-corrected chi connectivity index (χ4v) is 3.59. The molecule has 0 saturated carbocycles. The molecule has 0 spiro atoms. The number of amides is 1. The first kappa shape index (κ1) is 22.5. The van der Waals surface area contributed by atoms with Crippen molar-refractivity contribution in [2.45, 2.75) is 25.9 Å². The standard InChI is InChI=1S/C24H21ClN4O4/c1-15-11-17(7-8-20(15)25)33-23-19(24(31)29-9-3-2-6-21(29)28-23)12-16(13-26)22(30)27-14-18-5-4-10-32-18/h2-3,6-9,11-12,18H,4-5,10,14H2,1H3,(H,27,30)/b16-12+/t18-/m0/s1. The Bertz CT molecular complexity index is 1340. The Morgan fingerprint density at radius 3 is 3.00 bits per heavy atom. The molecule has 1 aliphatic heterocycles. The number of rotatable bonds is 6. The molecule has 4 rings (SSSR count). The van der Waals surface area contributed by atoms with Gasteiger partial charge >= 0.3 is 0 Å². The molecule has 8 nitrogen and oxygen atoms in total. The molecular formula is C24H21ClN4O4. The predicted octanol–water partition coefficient (Wildman–Crippen LogP) is 3.65. The Balaban J connectivity index is 1.73. The lowest BCUT2D eigenvalue weighted by molar-refractivity contribution is -0.117. The zero-order valence-electron chi connectivity index (χ0n) is 17.9. The van der Waals surface area contributed by atoms with E-state index in [0.29, 0.717) is 29.6 Å². The van der Waals surface area contributed by atoms with Crippen LogP contribution < -0.4 is 15.6 Å². The number of nitriles is 1. The van der Waals surface area contributed by atoms with Crippen LogP contribution >= 0.6 is 11.6 Å². The number of hydrogen-bond donors (Lipinski definition) is 1. The van der Waals surface area contributed by atoms with Crippen molar-refractivity contribution in [2.75, 3.05) is 13.2 Å². The summed E-state index contributed by atoms with van der Waals surface area (Å²) in [5.41, 5.74) is 0.424. The minimum atomic E-state index is -0.598. The zero-order valence-corrected chi connectivity index (χ0v) is 18.6. The first-order valence-electron chi connectivity index (χ1n) is 10.4. The molecule has 3 aromatic rings. The van der Waals surface area contributed by atoms with Crippen LogP contribution in [0.25, 0.3) is 11.7 Å². The van der Waals surface area contributed by atoms with Crippen molar-refractivity contribution in [1.29, 1.82) is 5.26 Å². The monoisotopic (exact) mass is 464 g/mol. The molecule has 33 heavy (non-hydrogen) atoms. The number of nitrogens with zero attached hydrogens (tertiary/aromatic N) is 3. The quantitative estimate of drug-likeness (QED) is 0.441. The molecular weight excluding hydrogens is 444 g/mol. The number of hydrogen-bond acceptors (Lipinski definition) is 6. The molecule has 9 heteroatoms. The summed E-state index contributed by atoms with van der Waals surface area (Å²) in [6.07, 6.45) is 4.47. The van der Waals surface area contributed by atoms with E-state index in [0.717, 1.165) is 18.4 Å². The van der Waals surface area contributed by atoms with Gasteiger partial charge in [-0.3, -0.25) is 14.0 Å². The van der Waals surface area contributed by atoms with Crippen molar-refractivity contribution >= 4 is 29.2 Å². The van der Waals surface area contributed by atoms with Gasteiger partial charge in [0, 0.05) is 24.4 Å². The van der Waals surface area contributed by atoms with Gasteiger partial charge in [0.1, 0.15) is 28.6 Å². The van der Waals surface area contributed by atoms with Crippen LogP contribution in [0.5, 0.6) is 11.6 Å². The third kappa shape index (κ3) is 5.06. The summed E-state index contributed by atoms with van der Waals surface area (Å²) in [6, 6.07) is 12.0. The van der Waals surface area contributed by atoms with Crippen LogP contribution in [0.15, 0.2) is 53.0 Å². The normalized spacial score (nSPS) is 15.9. The van der Waals surface area contributed by atoms with Crippen LogP contribution in [-0.4, -0.2) is 34.5 Å². The number of aryl methyl sites for hydroxylation is 1. The molecule has 0 radical (unpaired) electrons. The SMILES string of the molecule is Cc1cc(Oc2nc3ccccn3c(=O)c2/C=C(\C#N)C(=O)NC[C@@H]2CCCO2)ccc1Cl. The van der Waals surface area contributed by atoms with Crippen LogP contribution in [-0.2, 0) is 9.53 Å². The predicted molar refractivity (Wildman–Crippen MR) is 123 cm³/mol. The van der Waals surface area contributed by atoms with E-state index in [1.165, 1.54) is 10.5 Å². The molecule has 1 saturated heterocycles. The smallest absolute Gasteiger partial charge is 0.269 e. The van der Waals surface area contributed by atoms with E-state index in [2.05, 4.69) is 10.3 Å². The Hall–Kier alpha value is -3.67. The van der Waals surface area contributed by atoms with Gasteiger partial charge in [0.05, 0.1) is 6.10 Å². The molecule has 1 aromatic carbocycles. The van der Waals surface area contributed by atoms with Gasteiger partial charge in [0.2, 0.25) is 5.88 Å². The van der Waals surface area contributed by atoms with E-state index < -0.39 is 11.5 Å². The van der Waals surface area contributed by atoms with Gasteiger partial charge in [0.15, 0.2) is 0 Å². The van der Waals surface area contributed by atoms with Crippen molar-refractivity contribution in [3.05, 3.63) is 74.7 Å². The van der Waals surface area contributed by atoms with Crippen molar-refractivity contribution in [3.8, 4) is 17.7 Å². The minimum Gasteiger partial charge on any atom is -0.438 e. The lowest BCUT2D eigenvalue weighted by atomic mass is 10.1. The van der Waals surface area contributed by atoms with Crippen molar-refractivity contribution in [3.63, 3.8) is 0 Å². The van der Waals surface area contributed by atoms with Crippen LogP contribution in [0.3, 0.4) is 0 Å². The summed E-state index contributed by atoms with van der Waals surface area (Å²) >= 11 is 6.09. The van der Waals surface area contributed by atoms with E-state index in [-0.39, 0.29) is 23.1 Å². The highest BCUT2D eigenvalue weighted by molar-refractivity contribution is 6.31. The number of nitrogens with one attached hydrogen (secondary N) is 1. The highest BCUT2D eigenvalue weighted by Gasteiger charge is 2.20. The molecule has 1 N–H and O–H groups in total. The highest BCUT2D eigenvalue weighted by atomic mass is 35.5. The lowest BCUT2D eigenvalue weighted by Gasteiger charge is -2.12. The van der Waals surface area contributed by atoms with Crippen LogP contribution in [0.4, 0.5) is 0 Å². The summed E-state index contributed by atoms with van der Waals surface area (Å²) in [6.45, 7) is 2.77. The summed E-state index contributed by atoms with van der Waals surface area (Å²) in [4.78, 5) is 30.3. The van der Waals surface area contributed by atoms with E-state index in [9.17, 15) is 14.9 Å². The molecule has 0 unspecified atom stereocenters. The number of ether oxygens (including phenoxy) is 2. The summed E-state index contributed by atoms with van der Waals surface area (Å²) in [7, 11) is 0. The molecule has 168 valence electrons. The van der Waals surface area contributed by atoms with Gasteiger partial charge in [0.25, 0.3) is 11.5 Å². The van der Waals surface area contributed by atoms with Crippen molar-refractivity contribution < 1.29 is 14.3 Å². The number of halogens is 1. The molecule has 2 aromatic heterocycles. The third-order valence-corrected chi connectivity index (χ3v) is 5.67. The van der Waals surface area contributed by atoms with Gasteiger partial charge in [-0.15, -0.1) is 0 Å². The van der Waals surface area contributed by atoms with Gasteiger partial charge < -0.3 is 14.8 Å².